The largest absolute Gasteiger partial charge is 0.463 e. The second-order valence-electron chi connectivity index (χ2n) is 10.3. The molecular formula is C22H34O3. The van der Waals surface area contributed by atoms with Crippen LogP contribution in [0.1, 0.15) is 85.5 Å². The molecule has 0 aliphatic heterocycles. The van der Waals surface area contributed by atoms with Gasteiger partial charge in [0.2, 0.25) is 0 Å². The van der Waals surface area contributed by atoms with Crippen molar-refractivity contribution in [1.29, 1.82) is 0 Å². The highest BCUT2D eigenvalue weighted by Crippen LogP contribution is 2.69. The summed E-state index contributed by atoms with van der Waals surface area (Å²) in [5.74, 6) is 2.49. The predicted octanol–water partition coefficient (Wildman–Crippen LogP) is 4.92. The van der Waals surface area contributed by atoms with Crippen LogP contribution in [-0.2, 0) is 14.3 Å². The molecule has 0 unspecified atom stereocenters. The molecule has 4 aliphatic rings. The second-order valence-corrected chi connectivity index (χ2v) is 10.3. The number of fused-ring (bicyclic) bond motifs is 5. The lowest BCUT2D eigenvalue weighted by molar-refractivity contribution is -0.181. The van der Waals surface area contributed by atoms with Crippen molar-refractivity contribution in [3.8, 4) is 0 Å². The highest BCUT2D eigenvalue weighted by molar-refractivity contribution is 5.87. The third-order valence-corrected chi connectivity index (χ3v) is 9.37. The smallest absolute Gasteiger partial charge is 0.302 e. The first-order chi connectivity index (χ1) is 11.7. The van der Waals surface area contributed by atoms with Gasteiger partial charge in [-0.3, -0.25) is 9.59 Å². The van der Waals surface area contributed by atoms with Crippen molar-refractivity contribution in [2.24, 2.45) is 34.0 Å². The Morgan fingerprint density at radius 2 is 1.76 bits per heavy atom. The lowest BCUT2D eigenvalue weighted by atomic mass is 9.40. The normalized spacial score (nSPS) is 52.1. The first-order valence-corrected chi connectivity index (χ1v) is 10.4. The molecule has 0 saturated heterocycles. The number of hydrogen-bond donors (Lipinski definition) is 0. The van der Waals surface area contributed by atoms with E-state index in [1.165, 1.54) is 32.6 Å². The Labute approximate surface area is 152 Å². The highest BCUT2D eigenvalue weighted by atomic mass is 16.5. The van der Waals surface area contributed by atoms with Crippen molar-refractivity contribution < 1.29 is 14.3 Å². The van der Waals surface area contributed by atoms with E-state index in [4.69, 9.17) is 4.74 Å². The number of carbonyl (C=O) groups excluding carboxylic acids is 2. The quantitative estimate of drug-likeness (QED) is 0.633. The fourth-order valence-corrected chi connectivity index (χ4v) is 7.69. The Kier molecular flexibility index (Phi) is 3.91. The number of ketones is 1. The van der Waals surface area contributed by atoms with Crippen molar-refractivity contribution in [1.82, 2.24) is 0 Å². The Morgan fingerprint density at radius 3 is 2.48 bits per heavy atom. The third-order valence-electron chi connectivity index (χ3n) is 9.37. The summed E-state index contributed by atoms with van der Waals surface area (Å²) in [6.45, 7) is 8.77. The van der Waals surface area contributed by atoms with Crippen molar-refractivity contribution in [3.05, 3.63) is 0 Å². The first kappa shape index (κ1) is 17.5. The summed E-state index contributed by atoms with van der Waals surface area (Å²) in [5, 5.41) is 0. The molecule has 25 heavy (non-hydrogen) atoms. The van der Waals surface area contributed by atoms with E-state index in [0.29, 0.717) is 17.1 Å². The Bertz CT molecular complexity index is 598. The zero-order valence-corrected chi connectivity index (χ0v) is 16.4. The third kappa shape index (κ3) is 2.36. The number of Topliss-reactive ketones (excluding diaryl/α,β-unsaturated/α-hetero) is 1. The van der Waals surface area contributed by atoms with E-state index in [9.17, 15) is 9.59 Å². The van der Waals surface area contributed by atoms with Crippen LogP contribution in [-0.4, -0.2) is 17.9 Å². The van der Waals surface area contributed by atoms with E-state index in [1.807, 2.05) is 0 Å². The number of hydrogen-bond acceptors (Lipinski definition) is 3. The van der Waals surface area contributed by atoms with Crippen LogP contribution in [0.2, 0.25) is 0 Å². The van der Waals surface area contributed by atoms with E-state index < -0.39 is 0 Å². The van der Waals surface area contributed by atoms with Crippen LogP contribution >= 0.6 is 0 Å². The molecule has 4 rings (SSSR count). The van der Waals surface area contributed by atoms with E-state index in [2.05, 4.69) is 20.8 Å². The summed E-state index contributed by atoms with van der Waals surface area (Å²) in [5.41, 5.74) is 0.572. The van der Waals surface area contributed by atoms with Crippen molar-refractivity contribution in [3.63, 3.8) is 0 Å². The molecular weight excluding hydrogens is 312 g/mol. The van der Waals surface area contributed by atoms with Gasteiger partial charge in [-0.1, -0.05) is 20.8 Å². The van der Waals surface area contributed by atoms with Gasteiger partial charge in [-0.15, -0.1) is 0 Å². The first-order valence-electron chi connectivity index (χ1n) is 10.4. The molecule has 3 nitrogen and oxygen atoms in total. The maximum Gasteiger partial charge on any atom is 0.302 e. The second kappa shape index (κ2) is 5.57. The summed E-state index contributed by atoms with van der Waals surface area (Å²) in [7, 11) is 0. The summed E-state index contributed by atoms with van der Waals surface area (Å²) < 4.78 is 5.60. The maximum absolute atomic E-state index is 12.5. The summed E-state index contributed by atoms with van der Waals surface area (Å²) in [4.78, 5) is 23.9. The molecule has 0 radical (unpaired) electrons. The number of ether oxygens (including phenoxy) is 1. The standard InChI is InChI=1S/C22H34O3/c1-14(23)25-15-7-12-22(4)18-9-11-21(3)17(5-6-19(21)24)16(18)8-10-20(22,2)13-15/h15-18H,5-13H2,1-4H3/t15-,16+,17+,18+,20+,21+,22-/m1/s1. The van der Waals surface area contributed by atoms with Gasteiger partial charge in [0, 0.05) is 18.8 Å². The summed E-state index contributed by atoms with van der Waals surface area (Å²) >= 11 is 0. The maximum atomic E-state index is 12.5. The molecule has 0 aromatic heterocycles. The van der Waals surface area contributed by atoms with Crippen LogP contribution in [0, 0.1) is 34.0 Å². The molecule has 4 saturated carbocycles. The number of rotatable bonds is 1. The monoisotopic (exact) mass is 346 g/mol. The van der Waals surface area contributed by atoms with E-state index in [-0.39, 0.29) is 22.9 Å². The van der Waals surface area contributed by atoms with Gasteiger partial charge < -0.3 is 4.74 Å². The highest BCUT2D eigenvalue weighted by Gasteiger charge is 2.63. The number of carbonyl (C=O) groups is 2. The van der Waals surface area contributed by atoms with Crippen molar-refractivity contribution >= 4 is 11.8 Å². The molecule has 4 fully saturated rings. The van der Waals surface area contributed by atoms with Gasteiger partial charge in [-0.2, -0.15) is 0 Å². The molecule has 0 aromatic carbocycles. The molecule has 0 bridgehead atoms. The van der Waals surface area contributed by atoms with E-state index in [1.54, 1.807) is 0 Å². The van der Waals surface area contributed by atoms with Crippen LogP contribution in [0.4, 0.5) is 0 Å². The molecule has 140 valence electrons. The van der Waals surface area contributed by atoms with Crippen molar-refractivity contribution in [2.45, 2.75) is 91.6 Å². The molecule has 3 heteroatoms. The fraction of sp³-hybridized carbons (Fsp3) is 0.909. The van der Waals surface area contributed by atoms with Gasteiger partial charge in [-0.05, 0) is 80.0 Å². The van der Waals surface area contributed by atoms with Crippen LogP contribution in [0.15, 0.2) is 0 Å². The Morgan fingerprint density at radius 1 is 1.00 bits per heavy atom. The fourth-order valence-electron chi connectivity index (χ4n) is 7.69. The molecule has 4 aliphatic carbocycles. The van der Waals surface area contributed by atoms with Crippen LogP contribution in [0.5, 0.6) is 0 Å². The van der Waals surface area contributed by atoms with Gasteiger partial charge >= 0.3 is 5.97 Å². The van der Waals surface area contributed by atoms with Crippen molar-refractivity contribution in [2.75, 3.05) is 0 Å². The lowest BCUT2D eigenvalue weighted by Gasteiger charge is -2.64. The Balaban J connectivity index is 1.60. The van der Waals surface area contributed by atoms with Crippen LogP contribution in [0.3, 0.4) is 0 Å². The zero-order chi connectivity index (χ0) is 18.0. The average Bonchev–Trinajstić information content (AvgIpc) is 2.84. The average molecular weight is 347 g/mol. The van der Waals surface area contributed by atoms with E-state index >= 15 is 0 Å². The van der Waals surface area contributed by atoms with Gasteiger partial charge in [0.25, 0.3) is 0 Å². The molecule has 7 atom stereocenters. The topological polar surface area (TPSA) is 43.4 Å². The minimum atomic E-state index is -0.135. The molecule has 0 amide bonds. The zero-order valence-electron chi connectivity index (χ0n) is 16.4. The minimum absolute atomic E-state index is 0.0276. The van der Waals surface area contributed by atoms with Gasteiger partial charge in [-0.25, -0.2) is 0 Å². The van der Waals surface area contributed by atoms with E-state index in [0.717, 1.165) is 43.9 Å². The number of esters is 1. The lowest BCUT2D eigenvalue weighted by Crippen LogP contribution is -2.58. The van der Waals surface area contributed by atoms with Gasteiger partial charge in [0.1, 0.15) is 11.9 Å². The van der Waals surface area contributed by atoms with Gasteiger partial charge in [0.15, 0.2) is 0 Å². The SMILES string of the molecule is CC(=O)O[C@@H]1CC[C@]2(C)[C@H]3CC[C@]4(C)C(=O)CC[C@H]4[C@@H]3CC[C@@]2(C)C1. The minimum Gasteiger partial charge on any atom is -0.463 e. The summed E-state index contributed by atoms with van der Waals surface area (Å²) in [6.07, 6.45) is 10.0. The van der Waals surface area contributed by atoms with Gasteiger partial charge in [0.05, 0.1) is 0 Å². The molecule has 0 spiro atoms. The summed E-state index contributed by atoms with van der Waals surface area (Å²) in [6, 6.07) is 0. The molecule has 0 heterocycles. The Hall–Kier alpha value is -0.860. The molecule has 0 N–H and O–H groups in total. The predicted molar refractivity (Wildman–Crippen MR) is 96.9 cm³/mol. The molecule has 0 aromatic rings. The van der Waals surface area contributed by atoms with Crippen LogP contribution < -0.4 is 0 Å². The van der Waals surface area contributed by atoms with Crippen LogP contribution in [0.25, 0.3) is 0 Å².